The maximum absolute atomic E-state index is 5.61. The van der Waals surface area contributed by atoms with Crippen LogP contribution in [0.15, 0.2) is 132 Å². The average Bonchev–Trinajstić information content (AvgIpc) is 1.61. The Hall–Kier alpha value is -11.3. The molecule has 0 aliphatic carbocycles. The summed E-state index contributed by atoms with van der Waals surface area (Å²) in [5.74, 6) is 5.24. The lowest BCUT2D eigenvalue weighted by molar-refractivity contribution is 0.165. The summed E-state index contributed by atoms with van der Waals surface area (Å²) in [6, 6.07) is 25.0. The number of thiocarbonyl (C=S) groups is 1. The number of hydrogen-bond donors (Lipinski definition) is 4. The van der Waals surface area contributed by atoms with Gasteiger partial charge in [0.2, 0.25) is 23.8 Å². The minimum absolute atomic E-state index is 0.0158. The highest BCUT2D eigenvalue weighted by molar-refractivity contribution is 7.80. The molecule has 626 valence electrons. The van der Waals surface area contributed by atoms with E-state index in [1.165, 1.54) is 5.69 Å². The van der Waals surface area contributed by atoms with E-state index in [0.29, 0.717) is 23.8 Å². The van der Waals surface area contributed by atoms with E-state index in [9.17, 15) is 0 Å². The number of hydrogen-bond acceptors (Lipinski definition) is 28. The average molecular weight is 1640 g/mol. The van der Waals surface area contributed by atoms with Crippen molar-refractivity contribution < 1.29 is 0 Å². The summed E-state index contributed by atoms with van der Waals surface area (Å²) in [5.41, 5.74) is 14.8. The molecule has 0 bridgehead atoms. The number of fused-ring (bicyclic) bond motifs is 12. The van der Waals surface area contributed by atoms with Crippen molar-refractivity contribution in [2.24, 2.45) is 9.98 Å². The predicted octanol–water partition coefficient (Wildman–Crippen LogP) is 11.8. The van der Waals surface area contributed by atoms with Crippen LogP contribution in [0, 0.1) is 0 Å². The van der Waals surface area contributed by atoms with Crippen LogP contribution in [-0.2, 0) is 28.7 Å². The Kier molecular flexibility index (Phi) is 22.3. The molecule has 0 amide bonds. The molecule has 12 aromatic heterocycles. The molecule has 8 aliphatic heterocycles. The van der Waals surface area contributed by atoms with Crippen LogP contribution in [0.5, 0.6) is 0 Å². The third kappa shape index (κ3) is 17.1. The highest BCUT2D eigenvalue weighted by Gasteiger charge is 2.36. The topological polar surface area (TPSA) is 276 Å². The summed E-state index contributed by atoms with van der Waals surface area (Å²) < 4.78 is 9.19. The van der Waals surface area contributed by atoms with Crippen molar-refractivity contribution >= 4 is 142 Å². The molecule has 0 atom stereocenters. The Bertz CT molecular complexity index is 5430. The summed E-state index contributed by atoms with van der Waals surface area (Å²) in [7, 11) is 10.8. The number of piperazine rings is 4. The monoisotopic (exact) mass is 1640 g/mol. The molecule has 8 aliphatic rings. The van der Waals surface area contributed by atoms with Gasteiger partial charge in [0.05, 0.1) is 106 Å². The van der Waals surface area contributed by atoms with E-state index in [1.54, 1.807) is 0 Å². The molecule has 0 unspecified atom stereocenters. The van der Waals surface area contributed by atoms with Gasteiger partial charge in [0.15, 0.2) is 0 Å². The minimum atomic E-state index is -0.120. The number of aromatic nitrogens is 16. The fraction of sp³-hybridized carbons (Fsp3) is 0.466. The molecule has 31 nitrogen and oxygen atoms in total. The largest absolute Gasteiger partial charge is 0.368 e. The second-order valence-electron chi connectivity index (χ2n) is 35.9. The number of nitrogens with zero attached hydrogens (tertiary/aromatic N) is 27. The van der Waals surface area contributed by atoms with Crippen LogP contribution in [0.4, 0.5) is 69.8 Å². The van der Waals surface area contributed by atoms with Crippen LogP contribution in [0.2, 0.25) is 0 Å². The van der Waals surface area contributed by atoms with Crippen LogP contribution in [0.25, 0.3) is 44.1 Å². The van der Waals surface area contributed by atoms with Crippen LogP contribution in [-0.4, -0.2) is 278 Å². The normalized spacial score (nSPS) is 19.2. The second-order valence-corrected chi connectivity index (χ2v) is 36.4. The van der Waals surface area contributed by atoms with Gasteiger partial charge in [-0.05, 0) is 190 Å². The van der Waals surface area contributed by atoms with Gasteiger partial charge in [0.25, 0.3) is 0 Å². The molecule has 4 fully saturated rings. The van der Waals surface area contributed by atoms with Crippen LogP contribution in [0.1, 0.15) is 105 Å². The fourth-order valence-corrected chi connectivity index (χ4v) is 17.8. The zero-order valence-electron chi connectivity index (χ0n) is 72.1. The van der Waals surface area contributed by atoms with Gasteiger partial charge in [0.1, 0.15) is 45.9 Å². The molecule has 20 rings (SSSR count). The minimum Gasteiger partial charge on any atom is -0.368 e. The van der Waals surface area contributed by atoms with Gasteiger partial charge in [-0.1, -0.05) is 12.2 Å². The lowest BCUT2D eigenvalue weighted by Crippen LogP contribution is -2.44. The SMILES string of the molecule is CC1=NCC(C)(C)n2c1cc1cnc(Nc3ccc(N4CCN(C)CC4)cn3)nc12.CC1=NCC(C)(C)n2c1cc1cnc(Nc3ccc(N4CCN(C)CC4)cn3)nc12.CN1CCN(c2ccc(Nc3ncc4cc5n(c4n3)C(C)(C)CCC5=S)nc2)CC1.CN1CCN(c2ccc(Nc3ncc4cc5n(c4n3)C(C)(C)CN(C)C5)nc2)CC1. The molecule has 0 spiro atoms. The Morgan fingerprint density at radius 2 is 0.625 bits per heavy atom. The third-order valence-corrected chi connectivity index (χ3v) is 25.0. The lowest BCUT2D eigenvalue weighted by atomic mass is 9.92. The summed E-state index contributed by atoms with van der Waals surface area (Å²) in [6.07, 6.45) is 17.2. The zero-order valence-corrected chi connectivity index (χ0v) is 72.9. The maximum atomic E-state index is 5.61. The van der Waals surface area contributed by atoms with Crippen molar-refractivity contribution in [2.45, 2.75) is 111 Å². The highest BCUT2D eigenvalue weighted by Crippen LogP contribution is 2.39. The molecule has 0 aromatic carbocycles. The number of aliphatic imine (C=N–C) groups is 2. The lowest BCUT2D eigenvalue weighted by Gasteiger charge is -2.39. The summed E-state index contributed by atoms with van der Waals surface area (Å²) >= 11 is 5.61. The van der Waals surface area contributed by atoms with Gasteiger partial charge < -0.3 is 78.7 Å². The van der Waals surface area contributed by atoms with Gasteiger partial charge in [-0.25, -0.2) is 39.9 Å². The van der Waals surface area contributed by atoms with Crippen LogP contribution in [0.3, 0.4) is 0 Å². The number of nitrogens with one attached hydrogen (secondary N) is 4. The van der Waals surface area contributed by atoms with E-state index in [-0.39, 0.29) is 22.2 Å². The van der Waals surface area contributed by atoms with Crippen molar-refractivity contribution in [3.8, 4) is 0 Å². The first-order valence-corrected chi connectivity index (χ1v) is 42.5. The molecule has 0 radical (unpaired) electrons. The van der Waals surface area contributed by atoms with Gasteiger partial charge in [-0.15, -0.1) is 0 Å². The smallest absolute Gasteiger partial charge is 0.230 e. The molecule has 0 saturated carbocycles. The van der Waals surface area contributed by atoms with E-state index in [1.807, 2.05) is 73.8 Å². The Balaban J connectivity index is 0.000000114. The standard InChI is InChI=1S/C22H30N8.2C22H28N8.C22H27N7S/c1-22(2)15-28(4)14-18-11-16-12-24-21(26-20(16)30(18)22)25-19-6-5-17(13-23-19)29-9-7-27(3)8-10-29;2*1-15-18-11-16-12-24-21(27-20(16)30(18)22(2,3)14-25-15)26-19-6-5-17(13-23-19)29-9-7-28(4)8-10-29;1-22(2)7-6-18(30)17-12-15-13-24-21(26-20(15)29(17)22)25-19-5-4-16(14-23-19)28-10-8-27(3)9-11-28/h5-6,11-13H,7-10,14-15H2,1-4H3,(H,23,24,25,26);2*5-6,11-13H,7-10,14H2,1-4H3,(H,23,24,26,27);4-5,12-14H,6-11H2,1-3H3,(H,23,24,25,26). The van der Waals surface area contributed by atoms with E-state index >= 15 is 0 Å². The van der Waals surface area contributed by atoms with Gasteiger partial charge in [0, 0.05) is 180 Å². The second kappa shape index (κ2) is 33.0. The van der Waals surface area contributed by atoms with E-state index < -0.39 is 0 Å². The molecule has 4 N–H and O–H groups in total. The predicted molar refractivity (Wildman–Crippen MR) is 488 cm³/mol. The molecule has 20 heterocycles. The van der Waals surface area contributed by atoms with Gasteiger partial charge >= 0.3 is 0 Å². The molecular formula is C88H113N31S. The number of anilines is 12. The van der Waals surface area contributed by atoms with E-state index in [0.717, 1.165) is 267 Å². The van der Waals surface area contributed by atoms with Crippen molar-refractivity contribution in [2.75, 3.05) is 200 Å². The number of pyridine rings is 4. The van der Waals surface area contributed by atoms with Crippen molar-refractivity contribution in [3.05, 3.63) is 145 Å². The summed E-state index contributed by atoms with van der Waals surface area (Å²) in [4.78, 5) is 87.4. The van der Waals surface area contributed by atoms with E-state index in [4.69, 9.17) is 32.2 Å². The van der Waals surface area contributed by atoms with Crippen LogP contribution >= 0.6 is 12.2 Å². The molecule has 4 saturated heterocycles. The van der Waals surface area contributed by atoms with E-state index in [2.05, 4.69) is 286 Å². The molecular weight excluding hydrogens is 1520 g/mol. The molecule has 120 heavy (non-hydrogen) atoms. The quantitative estimate of drug-likeness (QED) is 0.0827. The first kappa shape index (κ1) is 81.1. The fourth-order valence-electron chi connectivity index (χ4n) is 17.6. The summed E-state index contributed by atoms with van der Waals surface area (Å²) in [6.45, 7) is 42.2. The molecule has 32 heteroatoms. The Labute approximate surface area is 707 Å². The first-order valence-electron chi connectivity index (χ1n) is 42.1. The molecule has 12 aromatic rings. The van der Waals surface area contributed by atoms with Crippen molar-refractivity contribution in [1.82, 2.24) is 103 Å². The Morgan fingerprint density at radius 1 is 0.325 bits per heavy atom. The zero-order chi connectivity index (χ0) is 83.5. The van der Waals surface area contributed by atoms with Crippen molar-refractivity contribution in [3.63, 3.8) is 0 Å². The maximum Gasteiger partial charge on any atom is 0.230 e. The number of likely N-dealkylation sites (N-methyl/N-ethyl adjacent to an activating group) is 5. The van der Waals surface area contributed by atoms with Gasteiger partial charge in [-0.3, -0.25) is 14.9 Å². The Morgan fingerprint density at radius 3 is 0.942 bits per heavy atom. The van der Waals surface area contributed by atoms with Crippen molar-refractivity contribution in [1.29, 1.82) is 0 Å². The first-order chi connectivity index (χ1) is 57.6. The van der Waals surface area contributed by atoms with Gasteiger partial charge in [-0.2, -0.15) is 19.9 Å². The number of rotatable bonds is 12. The summed E-state index contributed by atoms with van der Waals surface area (Å²) in [5, 5.41) is 17.2. The third-order valence-electron chi connectivity index (χ3n) is 24.6. The highest BCUT2D eigenvalue weighted by atomic mass is 32.1. The van der Waals surface area contributed by atoms with Crippen LogP contribution < -0.4 is 40.9 Å².